The first kappa shape index (κ1) is 14.6. The maximum Gasteiger partial charge on any atom is 0.327 e. The Hall–Kier alpha value is -0.780. The molecule has 1 saturated heterocycles. The quantitative estimate of drug-likeness (QED) is 0.868. The van der Waals surface area contributed by atoms with Crippen molar-refractivity contribution in [2.24, 2.45) is 0 Å². The van der Waals surface area contributed by atoms with Gasteiger partial charge in [0.25, 0.3) is 0 Å². The number of methoxy groups -OCH3 is 1. The lowest BCUT2D eigenvalue weighted by Gasteiger charge is -2.21. The Labute approximate surface area is 120 Å². The van der Waals surface area contributed by atoms with Gasteiger partial charge >= 0.3 is 5.97 Å². The minimum absolute atomic E-state index is 0.0452. The average Bonchev–Trinajstić information content (AvgIpc) is 2.91. The highest BCUT2D eigenvalue weighted by atomic mass is 35.5. The monoisotopic (exact) mass is 303 g/mol. The van der Waals surface area contributed by atoms with Crippen molar-refractivity contribution in [1.82, 2.24) is 5.32 Å². The summed E-state index contributed by atoms with van der Waals surface area (Å²) in [5, 5.41) is 3.27. The summed E-state index contributed by atoms with van der Waals surface area (Å²) < 4.78 is 18.3. The fourth-order valence-electron chi connectivity index (χ4n) is 2.01. The third-order valence-corrected chi connectivity index (χ3v) is 4.51. The van der Waals surface area contributed by atoms with Crippen molar-refractivity contribution in [3.05, 3.63) is 34.6 Å². The largest absolute Gasteiger partial charge is 0.468 e. The highest BCUT2D eigenvalue weighted by molar-refractivity contribution is 7.99. The van der Waals surface area contributed by atoms with Crippen LogP contribution in [0.3, 0.4) is 0 Å². The second-order valence-corrected chi connectivity index (χ2v) is 5.91. The number of hydrogen-bond acceptors (Lipinski definition) is 4. The summed E-state index contributed by atoms with van der Waals surface area (Å²) in [5.74, 6) is 1.07. The summed E-state index contributed by atoms with van der Waals surface area (Å²) in [7, 11) is 1.33. The molecule has 0 spiro atoms. The molecule has 0 radical (unpaired) electrons. The second-order valence-electron chi connectivity index (χ2n) is 4.36. The van der Waals surface area contributed by atoms with Crippen LogP contribution in [0.15, 0.2) is 18.2 Å². The molecule has 0 bridgehead atoms. The van der Waals surface area contributed by atoms with Gasteiger partial charge in [-0.15, -0.1) is 0 Å². The average molecular weight is 304 g/mol. The molecule has 1 N–H and O–H groups in total. The van der Waals surface area contributed by atoms with Crippen molar-refractivity contribution in [2.75, 3.05) is 18.6 Å². The van der Waals surface area contributed by atoms with E-state index in [9.17, 15) is 9.18 Å². The van der Waals surface area contributed by atoms with Gasteiger partial charge in [0, 0.05) is 11.8 Å². The summed E-state index contributed by atoms with van der Waals surface area (Å²) in [5.41, 5.74) is 0.533. The number of carbonyl (C=O) groups excluding carboxylic acids is 1. The lowest BCUT2D eigenvalue weighted by Crippen LogP contribution is -2.37. The van der Waals surface area contributed by atoms with E-state index in [1.54, 1.807) is 6.07 Å². The van der Waals surface area contributed by atoms with Gasteiger partial charge < -0.3 is 4.74 Å². The Morgan fingerprint density at radius 3 is 3.00 bits per heavy atom. The molecule has 1 aliphatic rings. The van der Waals surface area contributed by atoms with Crippen LogP contribution in [0.1, 0.15) is 18.0 Å². The van der Waals surface area contributed by atoms with Crippen LogP contribution in [-0.2, 0) is 9.53 Å². The van der Waals surface area contributed by atoms with Crippen LogP contribution in [0.25, 0.3) is 0 Å². The van der Waals surface area contributed by atoms with Crippen LogP contribution in [0.2, 0.25) is 5.02 Å². The summed E-state index contributed by atoms with van der Waals surface area (Å²) in [6.45, 7) is 0. The first-order chi connectivity index (χ1) is 9.11. The predicted molar refractivity (Wildman–Crippen MR) is 75.0 cm³/mol. The molecule has 1 aliphatic heterocycles. The van der Waals surface area contributed by atoms with Gasteiger partial charge in [0.2, 0.25) is 0 Å². The number of thioether (sulfide) groups is 1. The summed E-state index contributed by atoms with van der Waals surface area (Å²) in [6, 6.07) is 3.96. The normalized spacial score (nSPS) is 20.3. The molecule has 2 atom stereocenters. The topological polar surface area (TPSA) is 38.3 Å². The predicted octanol–water partition coefficient (Wildman–Crippen LogP) is 2.79. The van der Waals surface area contributed by atoms with Gasteiger partial charge in [-0.1, -0.05) is 17.7 Å². The van der Waals surface area contributed by atoms with E-state index in [0.29, 0.717) is 5.56 Å². The molecule has 2 rings (SSSR count). The fraction of sp³-hybridized carbons (Fsp3) is 0.462. The molecule has 1 aromatic rings. The van der Waals surface area contributed by atoms with E-state index >= 15 is 0 Å². The maximum absolute atomic E-state index is 13.5. The number of esters is 1. The zero-order chi connectivity index (χ0) is 13.8. The molecule has 19 heavy (non-hydrogen) atoms. The molecular formula is C13H15ClFNO2S. The molecule has 3 nitrogen and oxygen atoms in total. The van der Waals surface area contributed by atoms with Gasteiger partial charge in [-0.2, -0.15) is 11.8 Å². The van der Waals surface area contributed by atoms with E-state index in [0.717, 1.165) is 17.9 Å². The number of nitrogens with one attached hydrogen (secondary N) is 1. The van der Waals surface area contributed by atoms with E-state index in [1.165, 1.54) is 19.2 Å². The van der Waals surface area contributed by atoms with Gasteiger partial charge in [-0.3, -0.25) is 5.32 Å². The highest BCUT2D eigenvalue weighted by Gasteiger charge is 2.27. The van der Waals surface area contributed by atoms with Crippen LogP contribution in [-0.4, -0.2) is 30.6 Å². The molecule has 104 valence electrons. The molecule has 0 aliphatic carbocycles. The second kappa shape index (κ2) is 6.59. The first-order valence-electron chi connectivity index (χ1n) is 5.98. The summed E-state index contributed by atoms with van der Waals surface area (Å²) in [6.07, 6.45) is 0.994. The molecule has 2 unspecified atom stereocenters. The lowest BCUT2D eigenvalue weighted by atomic mass is 10.1. The zero-order valence-corrected chi connectivity index (χ0v) is 12.1. The number of ether oxygens (including phenoxy) is 1. The first-order valence-corrected chi connectivity index (χ1v) is 7.51. The van der Waals surface area contributed by atoms with Crippen molar-refractivity contribution >= 4 is 29.3 Å². The molecule has 0 amide bonds. The van der Waals surface area contributed by atoms with Crippen LogP contribution in [0, 0.1) is 5.82 Å². The maximum atomic E-state index is 13.5. The smallest absolute Gasteiger partial charge is 0.327 e. The molecule has 1 fully saturated rings. The fourth-order valence-corrected chi connectivity index (χ4v) is 3.29. The van der Waals surface area contributed by atoms with E-state index in [-0.39, 0.29) is 11.1 Å². The lowest BCUT2D eigenvalue weighted by molar-refractivity contribution is -0.143. The Morgan fingerprint density at radius 1 is 1.63 bits per heavy atom. The van der Waals surface area contributed by atoms with Crippen LogP contribution >= 0.6 is 23.4 Å². The minimum Gasteiger partial charge on any atom is -0.468 e. The number of benzene rings is 1. The minimum atomic E-state index is -0.652. The highest BCUT2D eigenvalue weighted by Crippen LogP contribution is 2.24. The number of rotatable bonds is 4. The van der Waals surface area contributed by atoms with Crippen molar-refractivity contribution in [3.8, 4) is 0 Å². The molecule has 1 heterocycles. The zero-order valence-electron chi connectivity index (χ0n) is 10.5. The van der Waals surface area contributed by atoms with E-state index in [4.69, 9.17) is 16.3 Å². The molecular weight excluding hydrogens is 289 g/mol. The van der Waals surface area contributed by atoms with E-state index in [2.05, 4.69) is 5.32 Å². The van der Waals surface area contributed by atoms with Crippen molar-refractivity contribution < 1.29 is 13.9 Å². The number of carbonyl (C=O) groups is 1. The van der Waals surface area contributed by atoms with Gasteiger partial charge in [0.15, 0.2) is 0 Å². The standard InChI is InChI=1S/C13H15ClFNO2S/c1-18-13(17)12(16-9-4-5-19-7-9)8-2-3-10(14)11(15)6-8/h2-3,6,9,12,16H,4-5,7H2,1H3. The third kappa shape index (κ3) is 3.61. The summed E-state index contributed by atoms with van der Waals surface area (Å²) >= 11 is 7.49. The van der Waals surface area contributed by atoms with Crippen molar-refractivity contribution in [1.29, 1.82) is 0 Å². The Kier molecular flexibility index (Phi) is 5.07. The number of hydrogen-bond donors (Lipinski definition) is 1. The molecule has 1 aromatic carbocycles. The summed E-state index contributed by atoms with van der Waals surface area (Å²) in [4.78, 5) is 11.8. The molecule has 6 heteroatoms. The van der Waals surface area contributed by atoms with Gasteiger partial charge in [-0.25, -0.2) is 9.18 Å². The Balaban J connectivity index is 2.20. The number of halogens is 2. The Morgan fingerprint density at radius 2 is 2.42 bits per heavy atom. The van der Waals surface area contributed by atoms with Crippen LogP contribution in [0.4, 0.5) is 4.39 Å². The Bertz CT molecular complexity index is 466. The molecule has 0 aromatic heterocycles. The van der Waals surface area contributed by atoms with E-state index < -0.39 is 17.8 Å². The van der Waals surface area contributed by atoms with Gasteiger partial charge in [0.1, 0.15) is 11.9 Å². The van der Waals surface area contributed by atoms with Crippen LogP contribution in [0.5, 0.6) is 0 Å². The van der Waals surface area contributed by atoms with Crippen molar-refractivity contribution in [3.63, 3.8) is 0 Å². The third-order valence-electron chi connectivity index (χ3n) is 3.05. The SMILES string of the molecule is COC(=O)C(NC1CCSC1)c1ccc(Cl)c(F)c1. The van der Waals surface area contributed by atoms with Crippen molar-refractivity contribution in [2.45, 2.75) is 18.5 Å². The van der Waals surface area contributed by atoms with Crippen LogP contribution < -0.4 is 5.32 Å². The molecule has 0 saturated carbocycles. The van der Waals surface area contributed by atoms with Gasteiger partial charge in [-0.05, 0) is 29.9 Å². The van der Waals surface area contributed by atoms with Gasteiger partial charge in [0.05, 0.1) is 12.1 Å². The van der Waals surface area contributed by atoms with E-state index in [1.807, 2.05) is 11.8 Å².